The van der Waals surface area contributed by atoms with Crippen molar-refractivity contribution in [1.29, 1.82) is 0 Å². The number of benzene rings is 5. The van der Waals surface area contributed by atoms with Gasteiger partial charge in [0, 0.05) is 37.9 Å². The monoisotopic (exact) mass is 918 g/mol. The molecule has 6 nitrogen and oxygen atoms in total. The Morgan fingerprint density at radius 2 is 1.25 bits per heavy atom. The third-order valence-corrected chi connectivity index (χ3v) is 10.6. The van der Waals surface area contributed by atoms with Crippen molar-refractivity contribution in [3.05, 3.63) is 136 Å². The number of carbonyl (C=O) groups is 1. The van der Waals surface area contributed by atoms with Crippen molar-refractivity contribution in [3.63, 3.8) is 0 Å². The van der Waals surface area contributed by atoms with E-state index in [9.17, 15) is 9.90 Å². The summed E-state index contributed by atoms with van der Waals surface area (Å²) in [6, 6.07) is 33.8. The van der Waals surface area contributed by atoms with Crippen LogP contribution in [0.5, 0.6) is 0 Å². The minimum atomic E-state index is -1.08. The van der Waals surface area contributed by atoms with Crippen LogP contribution < -0.4 is 4.98 Å². The van der Waals surface area contributed by atoms with Crippen molar-refractivity contribution in [1.82, 2.24) is 19.5 Å². The number of pyridine rings is 1. The van der Waals surface area contributed by atoms with Crippen LogP contribution in [0.3, 0.4) is 0 Å². The number of fused-ring (bicyclic) bond motifs is 4. The van der Waals surface area contributed by atoms with Gasteiger partial charge >= 0.3 is 5.97 Å². The third-order valence-electron chi connectivity index (χ3n) is 10.6. The maximum Gasteiger partial charge on any atom is 0.354 e. The van der Waals surface area contributed by atoms with Crippen LogP contribution in [-0.2, 0) is 31.9 Å². The van der Waals surface area contributed by atoms with Gasteiger partial charge in [0.05, 0.1) is 16.7 Å². The third kappa shape index (κ3) is 7.01. The van der Waals surface area contributed by atoms with Gasteiger partial charge in [-0.05, 0) is 119 Å². The van der Waals surface area contributed by atoms with Gasteiger partial charge < -0.3 is 10.1 Å². The summed E-state index contributed by atoms with van der Waals surface area (Å²) in [5, 5.41) is 12.5. The molecule has 0 saturated heterocycles. The van der Waals surface area contributed by atoms with Crippen molar-refractivity contribution < 1.29 is 31.0 Å². The molecule has 0 amide bonds. The van der Waals surface area contributed by atoms with Crippen LogP contribution in [0.1, 0.15) is 85.4 Å². The molecule has 0 unspecified atom stereocenters. The van der Waals surface area contributed by atoms with Crippen molar-refractivity contribution >= 4 is 38.8 Å². The van der Waals surface area contributed by atoms with Crippen LogP contribution in [0.4, 0.5) is 0 Å². The maximum absolute atomic E-state index is 12.6. The molecule has 286 valence electrons. The maximum atomic E-state index is 12.6. The van der Waals surface area contributed by atoms with Gasteiger partial charge in [0.2, 0.25) is 0 Å². The summed E-state index contributed by atoms with van der Waals surface area (Å²) in [5.41, 5.74) is 15.3. The number of nitrogens with zero attached hydrogens (tertiary/aromatic N) is 4. The number of carboxylic acid groups (broad SMARTS) is 1. The van der Waals surface area contributed by atoms with Crippen molar-refractivity contribution in [3.8, 4) is 39.5 Å². The smallest absolute Gasteiger partial charge is 0.354 e. The zero-order valence-corrected chi connectivity index (χ0v) is 36.0. The van der Waals surface area contributed by atoms with Crippen LogP contribution in [0.25, 0.3) is 72.3 Å². The fraction of sp³-hybridized carbons (Fsp3) is 0.245. The first kappa shape index (κ1) is 38.9. The summed E-state index contributed by atoms with van der Waals surface area (Å²) >= 11 is 0. The first-order chi connectivity index (χ1) is 25.9. The predicted molar refractivity (Wildman–Crippen MR) is 227 cm³/mol. The molecule has 0 saturated carbocycles. The summed E-state index contributed by atoms with van der Waals surface area (Å²) in [4.78, 5) is 28.1. The molecule has 1 N–H and O–H groups in total. The van der Waals surface area contributed by atoms with E-state index >= 15 is 0 Å². The van der Waals surface area contributed by atoms with Gasteiger partial charge in [-0.1, -0.05) is 113 Å². The molecule has 0 aliphatic carbocycles. The van der Waals surface area contributed by atoms with Gasteiger partial charge in [0.25, 0.3) is 0 Å². The average Bonchev–Trinajstić information content (AvgIpc) is 3.68. The van der Waals surface area contributed by atoms with Gasteiger partial charge in [-0.25, -0.2) is 14.8 Å². The number of aromatic carboxylic acids is 1. The minimum absolute atomic E-state index is 0. The Kier molecular flexibility index (Phi) is 9.74. The Bertz CT molecular complexity index is 2820. The molecular formula is C49H47N4O2Pt-. The second kappa shape index (κ2) is 14.0. The van der Waals surface area contributed by atoms with E-state index in [1.807, 2.05) is 18.2 Å². The van der Waals surface area contributed by atoms with E-state index in [-0.39, 0.29) is 37.6 Å². The molecule has 0 atom stereocenters. The zero-order chi connectivity index (χ0) is 39.1. The molecule has 7 heteroatoms. The summed E-state index contributed by atoms with van der Waals surface area (Å²) in [5.74, 6) is -0.308. The minimum Gasteiger partial charge on any atom is -0.656 e. The van der Waals surface area contributed by atoms with Crippen molar-refractivity contribution in [2.75, 3.05) is 0 Å². The van der Waals surface area contributed by atoms with E-state index in [1.165, 1.54) is 11.1 Å². The Morgan fingerprint density at radius 3 is 1.88 bits per heavy atom. The van der Waals surface area contributed by atoms with Gasteiger partial charge in [-0.15, -0.1) is 11.0 Å². The molecule has 0 aliphatic heterocycles. The van der Waals surface area contributed by atoms with E-state index in [4.69, 9.17) is 15.0 Å². The fourth-order valence-corrected chi connectivity index (χ4v) is 7.91. The molecule has 8 rings (SSSR count). The SMILES string of the molecule is Cc1cc(C)cc(-c2cc(C(=O)O)nc(-c3cccc4c3nc(-c3cc(C(C)(C)C)cc5c3[n-]c3ccc(C(C)(C)C)cc35)n4-c3cc(C)cc(C)c3)c2)c1.[Pt]. The zero-order valence-electron chi connectivity index (χ0n) is 33.7. The van der Waals surface area contributed by atoms with Crippen molar-refractivity contribution in [2.24, 2.45) is 0 Å². The number of aryl methyl sites for hydroxylation is 4. The molecule has 0 aliphatic rings. The van der Waals surface area contributed by atoms with E-state index in [0.29, 0.717) is 5.69 Å². The second-order valence-electron chi connectivity index (χ2n) is 17.4. The van der Waals surface area contributed by atoms with Gasteiger partial charge in [0.15, 0.2) is 0 Å². The van der Waals surface area contributed by atoms with Gasteiger partial charge in [-0.2, -0.15) is 0 Å². The number of carboxylic acids is 1. The summed E-state index contributed by atoms with van der Waals surface area (Å²) in [7, 11) is 0. The molecule has 3 heterocycles. The number of para-hydroxylation sites is 1. The summed E-state index contributed by atoms with van der Waals surface area (Å²) in [6.07, 6.45) is 0. The van der Waals surface area contributed by atoms with Crippen LogP contribution in [0.15, 0.2) is 97.1 Å². The van der Waals surface area contributed by atoms with Gasteiger partial charge in [-0.3, -0.25) is 4.57 Å². The normalized spacial score (nSPS) is 12.1. The molecule has 0 bridgehead atoms. The van der Waals surface area contributed by atoms with E-state index in [0.717, 1.165) is 88.9 Å². The Balaban J connectivity index is 0.00000480. The van der Waals surface area contributed by atoms with Crippen LogP contribution in [0, 0.1) is 27.7 Å². The van der Waals surface area contributed by atoms with E-state index < -0.39 is 5.97 Å². The Labute approximate surface area is 343 Å². The molecular weight excluding hydrogens is 872 g/mol. The number of imidazole rings is 1. The molecule has 0 fully saturated rings. The molecule has 5 aromatic carbocycles. The summed E-state index contributed by atoms with van der Waals surface area (Å²) in [6.45, 7) is 21.8. The Hall–Kier alpha value is -5.32. The summed E-state index contributed by atoms with van der Waals surface area (Å²) < 4.78 is 2.24. The fourth-order valence-electron chi connectivity index (χ4n) is 7.91. The standard InChI is InChI=1S/C49H48N4O2.Pt/c1-27-16-28(2)19-31(18-27)32-22-41(50-42(23-32)47(54)55)36-12-11-13-43-45(36)52-46(53(43)35-20-29(3)17-30(4)21-35)39-26-34(49(8,9)10)25-38-37-24-33(48(5,6)7)14-15-40(37)51-44(38)39;/h11-26H,1-10H3,(H2,50,51,52,54,55);/p-1. The number of rotatable bonds is 5. The van der Waals surface area contributed by atoms with E-state index in [2.05, 4.69) is 147 Å². The van der Waals surface area contributed by atoms with Gasteiger partial charge in [0.1, 0.15) is 11.5 Å². The largest absolute Gasteiger partial charge is 0.656 e. The molecule has 0 radical (unpaired) electrons. The van der Waals surface area contributed by atoms with Crippen LogP contribution in [-0.4, -0.2) is 25.6 Å². The van der Waals surface area contributed by atoms with Crippen LogP contribution in [0.2, 0.25) is 0 Å². The first-order valence-electron chi connectivity index (χ1n) is 18.9. The van der Waals surface area contributed by atoms with Crippen LogP contribution >= 0.6 is 0 Å². The van der Waals surface area contributed by atoms with Crippen molar-refractivity contribution in [2.45, 2.75) is 80.1 Å². The molecule has 8 aromatic rings. The average molecular weight is 919 g/mol. The topological polar surface area (TPSA) is 82.1 Å². The predicted octanol–water partition coefficient (Wildman–Crippen LogP) is 12.2. The Morgan fingerprint density at radius 1 is 0.643 bits per heavy atom. The number of hydrogen-bond donors (Lipinski definition) is 1. The first-order valence-corrected chi connectivity index (χ1v) is 18.9. The quantitative estimate of drug-likeness (QED) is 0.186. The molecule has 56 heavy (non-hydrogen) atoms. The number of hydrogen-bond acceptors (Lipinski definition) is 3. The number of aromatic nitrogens is 4. The molecule has 0 spiro atoms. The molecule has 3 aromatic heterocycles. The van der Waals surface area contributed by atoms with E-state index in [1.54, 1.807) is 6.07 Å². The second-order valence-corrected chi connectivity index (χ2v) is 17.4.